The van der Waals surface area contributed by atoms with Crippen molar-refractivity contribution in [1.29, 1.82) is 0 Å². The summed E-state index contributed by atoms with van der Waals surface area (Å²) in [4.78, 5) is 2.30. The molecule has 0 aromatic heterocycles. The van der Waals surface area contributed by atoms with E-state index in [1.54, 1.807) is 6.07 Å². The molecule has 1 aromatic carbocycles. The van der Waals surface area contributed by atoms with Gasteiger partial charge in [-0.1, -0.05) is 0 Å². The number of nitrogens with zero attached hydrogens (tertiary/aromatic N) is 1. The molecule has 3 rings (SSSR count). The topological polar surface area (TPSA) is 35.5 Å². The Morgan fingerprint density at radius 2 is 2.06 bits per heavy atom. The van der Waals surface area contributed by atoms with Crippen molar-refractivity contribution in [1.82, 2.24) is 5.32 Å². The van der Waals surface area contributed by atoms with Crippen LogP contribution in [-0.4, -0.2) is 30.8 Å². The van der Waals surface area contributed by atoms with E-state index in [-0.39, 0.29) is 5.75 Å². The first-order valence-electron chi connectivity index (χ1n) is 6.24. The molecule has 4 heteroatoms. The number of benzene rings is 1. The monoisotopic (exact) mass is 236 g/mol. The number of aromatic hydroxyl groups is 1. The molecule has 2 aliphatic heterocycles. The number of nitrogens with one attached hydrogen (secondary N) is 1. The maximum absolute atomic E-state index is 13.4. The van der Waals surface area contributed by atoms with Gasteiger partial charge in [0.15, 0.2) is 11.6 Å². The molecule has 1 aromatic rings. The van der Waals surface area contributed by atoms with Crippen LogP contribution >= 0.6 is 0 Å². The second-order valence-electron chi connectivity index (χ2n) is 4.86. The van der Waals surface area contributed by atoms with Crippen LogP contribution in [0.5, 0.6) is 5.75 Å². The number of piperidine rings is 1. The van der Waals surface area contributed by atoms with Gasteiger partial charge in [-0.05, 0) is 44.0 Å². The molecule has 0 bridgehead atoms. The Balaban J connectivity index is 1.89. The SMILES string of the molecule is Oc1cc2c(cc1F)N(C1CCNCC1)CC2. The van der Waals surface area contributed by atoms with E-state index in [0.29, 0.717) is 6.04 Å². The predicted octanol–water partition coefficient (Wildman–Crippen LogP) is 1.65. The van der Waals surface area contributed by atoms with Crippen molar-refractivity contribution in [2.45, 2.75) is 25.3 Å². The van der Waals surface area contributed by atoms with E-state index in [1.165, 1.54) is 6.07 Å². The third-order valence-electron chi connectivity index (χ3n) is 3.83. The number of anilines is 1. The molecule has 0 radical (unpaired) electrons. The largest absolute Gasteiger partial charge is 0.505 e. The van der Waals surface area contributed by atoms with E-state index in [0.717, 1.165) is 50.1 Å². The summed E-state index contributed by atoms with van der Waals surface area (Å²) < 4.78 is 13.4. The van der Waals surface area contributed by atoms with Crippen LogP contribution in [0.4, 0.5) is 10.1 Å². The number of hydrogen-bond acceptors (Lipinski definition) is 3. The molecule has 1 saturated heterocycles. The van der Waals surface area contributed by atoms with Gasteiger partial charge in [0.05, 0.1) is 0 Å². The first-order valence-corrected chi connectivity index (χ1v) is 6.24. The normalized spacial score (nSPS) is 20.6. The zero-order chi connectivity index (χ0) is 11.8. The molecule has 0 atom stereocenters. The van der Waals surface area contributed by atoms with E-state index in [4.69, 9.17) is 0 Å². The lowest BCUT2D eigenvalue weighted by atomic mass is 10.0. The molecule has 2 aliphatic rings. The Morgan fingerprint density at radius 1 is 1.29 bits per heavy atom. The van der Waals surface area contributed by atoms with Gasteiger partial charge in [0.25, 0.3) is 0 Å². The van der Waals surface area contributed by atoms with E-state index < -0.39 is 5.82 Å². The van der Waals surface area contributed by atoms with Crippen molar-refractivity contribution in [3.8, 4) is 5.75 Å². The second kappa shape index (κ2) is 4.18. The summed E-state index contributed by atoms with van der Waals surface area (Å²) in [5, 5.41) is 12.7. The van der Waals surface area contributed by atoms with Crippen molar-refractivity contribution in [3.63, 3.8) is 0 Å². The smallest absolute Gasteiger partial charge is 0.166 e. The average molecular weight is 236 g/mol. The highest BCUT2D eigenvalue weighted by molar-refractivity contribution is 5.61. The zero-order valence-corrected chi connectivity index (χ0v) is 9.75. The van der Waals surface area contributed by atoms with Crippen molar-refractivity contribution in [2.24, 2.45) is 0 Å². The van der Waals surface area contributed by atoms with Crippen LogP contribution in [0.1, 0.15) is 18.4 Å². The van der Waals surface area contributed by atoms with Gasteiger partial charge in [0.1, 0.15) is 0 Å². The average Bonchev–Trinajstić information content (AvgIpc) is 2.74. The van der Waals surface area contributed by atoms with Gasteiger partial charge in [0, 0.05) is 24.3 Å². The lowest BCUT2D eigenvalue weighted by Crippen LogP contribution is -2.42. The summed E-state index contributed by atoms with van der Waals surface area (Å²) in [7, 11) is 0. The van der Waals surface area contributed by atoms with Gasteiger partial charge in [-0.3, -0.25) is 0 Å². The summed E-state index contributed by atoms with van der Waals surface area (Å²) >= 11 is 0. The predicted molar refractivity (Wildman–Crippen MR) is 65.0 cm³/mol. The quantitative estimate of drug-likeness (QED) is 0.778. The molecule has 2 N–H and O–H groups in total. The van der Waals surface area contributed by atoms with Crippen LogP contribution < -0.4 is 10.2 Å². The third kappa shape index (κ3) is 1.86. The summed E-state index contributed by atoms with van der Waals surface area (Å²) in [6.45, 7) is 3.02. The molecule has 0 spiro atoms. The van der Waals surface area contributed by atoms with Crippen LogP contribution in [0.15, 0.2) is 12.1 Å². The highest BCUT2D eigenvalue weighted by Crippen LogP contribution is 2.35. The highest BCUT2D eigenvalue weighted by Gasteiger charge is 2.28. The molecule has 3 nitrogen and oxygen atoms in total. The third-order valence-corrected chi connectivity index (χ3v) is 3.83. The molecule has 92 valence electrons. The number of halogens is 1. The van der Waals surface area contributed by atoms with Crippen molar-refractivity contribution in [3.05, 3.63) is 23.5 Å². The summed E-state index contributed by atoms with van der Waals surface area (Å²) in [6.07, 6.45) is 3.14. The number of rotatable bonds is 1. The van der Waals surface area contributed by atoms with Gasteiger partial charge in [-0.25, -0.2) is 4.39 Å². The standard InChI is InChI=1S/C13H17FN2O/c14-11-8-12-9(7-13(11)17)3-6-16(12)10-1-4-15-5-2-10/h7-8,10,15,17H,1-6H2. The van der Waals surface area contributed by atoms with E-state index in [9.17, 15) is 9.50 Å². The van der Waals surface area contributed by atoms with Crippen molar-refractivity contribution >= 4 is 5.69 Å². The fourth-order valence-corrected chi connectivity index (χ4v) is 2.92. The Hall–Kier alpha value is -1.29. The minimum atomic E-state index is -0.510. The Morgan fingerprint density at radius 3 is 2.82 bits per heavy atom. The Labute approximate surface area is 100 Å². The van der Waals surface area contributed by atoms with Crippen molar-refractivity contribution < 1.29 is 9.50 Å². The molecular weight excluding hydrogens is 219 g/mol. The maximum atomic E-state index is 13.4. The fraction of sp³-hybridized carbons (Fsp3) is 0.538. The minimum Gasteiger partial charge on any atom is -0.505 e. The van der Waals surface area contributed by atoms with E-state index in [2.05, 4.69) is 10.2 Å². The van der Waals surface area contributed by atoms with Gasteiger partial charge in [-0.2, -0.15) is 0 Å². The second-order valence-corrected chi connectivity index (χ2v) is 4.86. The summed E-state index contributed by atoms with van der Waals surface area (Å²) in [5.41, 5.74) is 2.05. The molecule has 0 unspecified atom stereocenters. The van der Waals surface area contributed by atoms with Gasteiger partial charge in [0.2, 0.25) is 0 Å². The first-order chi connectivity index (χ1) is 8.25. The van der Waals surface area contributed by atoms with Crippen LogP contribution in [0, 0.1) is 5.82 Å². The number of phenols is 1. The minimum absolute atomic E-state index is 0.226. The summed E-state index contributed by atoms with van der Waals surface area (Å²) in [6, 6.07) is 3.58. The van der Waals surface area contributed by atoms with Crippen molar-refractivity contribution in [2.75, 3.05) is 24.5 Å². The molecule has 2 heterocycles. The van der Waals surface area contributed by atoms with Crippen LogP contribution in [-0.2, 0) is 6.42 Å². The zero-order valence-electron chi connectivity index (χ0n) is 9.75. The first kappa shape index (κ1) is 10.8. The molecule has 17 heavy (non-hydrogen) atoms. The lowest BCUT2D eigenvalue weighted by molar-refractivity contribution is 0.429. The number of hydrogen-bond donors (Lipinski definition) is 2. The molecular formula is C13H17FN2O. The van der Waals surface area contributed by atoms with Crippen LogP contribution in [0.25, 0.3) is 0 Å². The summed E-state index contributed by atoms with van der Waals surface area (Å²) in [5.74, 6) is -0.736. The molecule has 0 aliphatic carbocycles. The molecule has 1 fully saturated rings. The number of fused-ring (bicyclic) bond motifs is 1. The Bertz CT molecular complexity index is 430. The van der Waals surface area contributed by atoms with Crippen LogP contribution in [0.2, 0.25) is 0 Å². The molecule has 0 amide bonds. The van der Waals surface area contributed by atoms with Gasteiger partial charge < -0.3 is 15.3 Å². The van der Waals surface area contributed by atoms with E-state index in [1.807, 2.05) is 0 Å². The van der Waals surface area contributed by atoms with E-state index >= 15 is 0 Å². The van der Waals surface area contributed by atoms with Gasteiger partial charge >= 0.3 is 0 Å². The van der Waals surface area contributed by atoms with Crippen LogP contribution in [0.3, 0.4) is 0 Å². The Kier molecular flexibility index (Phi) is 2.67. The lowest BCUT2D eigenvalue weighted by Gasteiger charge is -2.33. The number of phenolic OH excluding ortho intramolecular Hbond substituents is 1. The fourth-order valence-electron chi connectivity index (χ4n) is 2.92. The van der Waals surface area contributed by atoms with Gasteiger partial charge in [-0.15, -0.1) is 0 Å². The highest BCUT2D eigenvalue weighted by atomic mass is 19.1. The maximum Gasteiger partial charge on any atom is 0.166 e. The molecule has 0 saturated carbocycles.